The quantitative estimate of drug-likeness (QED) is 0.857. The molecule has 0 saturated carbocycles. The molecule has 0 N–H and O–H groups in total. The summed E-state index contributed by atoms with van der Waals surface area (Å²) in [7, 11) is 0. The number of amides is 1. The Morgan fingerprint density at radius 3 is 2.58 bits per heavy atom. The summed E-state index contributed by atoms with van der Waals surface area (Å²) in [6.07, 6.45) is 2.29. The van der Waals surface area contributed by atoms with Crippen LogP contribution in [-0.2, 0) is 4.74 Å². The van der Waals surface area contributed by atoms with Gasteiger partial charge in [0.15, 0.2) is 0 Å². The van der Waals surface area contributed by atoms with Gasteiger partial charge in [-0.05, 0) is 50.2 Å². The third kappa shape index (κ3) is 2.92. The number of cyclic esters (lactones) is 1. The fourth-order valence-electron chi connectivity index (χ4n) is 2.70. The van der Waals surface area contributed by atoms with Crippen molar-refractivity contribution in [1.82, 2.24) is 4.90 Å². The van der Waals surface area contributed by atoms with Gasteiger partial charge in [-0.1, -0.05) is 15.9 Å². The number of carbonyl (C=O) groups is 1. The predicted octanol–water partition coefficient (Wildman–Crippen LogP) is 2.87. The van der Waals surface area contributed by atoms with E-state index in [1.807, 2.05) is 24.3 Å². The van der Waals surface area contributed by atoms with Crippen molar-refractivity contribution in [2.45, 2.75) is 18.9 Å². The standard InChI is InChI=1S/C14H17BrN2O2/c15-11-3-5-12(6-4-11)17-10-13(19-14(17)18)9-16-7-1-2-8-16/h3-6,13H,1-2,7-10H2. The number of anilines is 1. The van der Waals surface area contributed by atoms with Crippen LogP contribution in [-0.4, -0.2) is 43.3 Å². The van der Waals surface area contributed by atoms with E-state index >= 15 is 0 Å². The van der Waals surface area contributed by atoms with Crippen LogP contribution in [0.15, 0.2) is 28.7 Å². The maximum atomic E-state index is 11.9. The van der Waals surface area contributed by atoms with Crippen LogP contribution >= 0.6 is 15.9 Å². The van der Waals surface area contributed by atoms with Crippen molar-refractivity contribution in [2.75, 3.05) is 31.1 Å². The van der Waals surface area contributed by atoms with Crippen LogP contribution in [0.1, 0.15) is 12.8 Å². The van der Waals surface area contributed by atoms with Crippen LogP contribution in [0, 0.1) is 0 Å². The zero-order valence-corrected chi connectivity index (χ0v) is 12.3. The smallest absolute Gasteiger partial charge is 0.414 e. The Morgan fingerprint density at radius 2 is 1.89 bits per heavy atom. The van der Waals surface area contributed by atoms with E-state index in [4.69, 9.17) is 4.74 Å². The molecular weight excluding hydrogens is 308 g/mol. The van der Waals surface area contributed by atoms with Gasteiger partial charge in [-0.25, -0.2) is 4.79 Å². The number of hydrogen-bond donors (Lipinski definition) is 0. The fourth-order valence-corrected chi connectivity index (χ4v) is 2.97. The average Bonchev–Trinajstić information content (AvgIpc) is 3.01. The summed E-state index contributed by atoms with van der Waals surface area (Å²) < 4.78 is 6.47. The van der Waals surface area contributed by atoms with Crippen LogP contribution < -0.4 is 4.90 Å². The van der Waals surface area contributed by atoms with Crippen molar-refractivity contribution < 1.29 is 9.53 Å². The van der Waals surface area contributed by atoms with Crippen LogP contribution in [0.2, 0.25) is 0 Å². The van der Waals surface area contributed by atoms with Crippen molar-refractivity contribution in [3.05, 3.63) is 28.7 Å². The Kier molecular flexibility index (Phi) is 3.75. The first kappa shape index (κ1) is 12.9. The second kappa shape index (κ2) is 5.51. The van der Waals surface area contributed by atoms with E-state index in [0.717, 1.165) is 29.8 Å². The number of benzene rings is 1. The zero-order chi connectivity index (χ0) is 13.2. The van der Waals surface area contributed by atoms with Crippen molar-refractivity contribution in [2.24, 2.45) is 0 Å². The summed E-state index contributed by atoms with van der Waals surface area (Å²) in [6.45, 7) is 3.77. The summed E-state index contributed by atoms with van der Waals surface area (Å²) in [6, 6.07) is 7.75. The number of likely N-dealkylation sites (tertiary alicyclic amines) is 1. The third-order valence-electron chi connectivity index (χ3n) is 3.67. The van der Waals surface area contributed by atoms with Crippen LogP contribution in [0.5, 0.6) is 0 Å². The second-order valence-corrected chi connectivity index (χ2v) is 6.02. The van der Waals surface area contributed by atoms with Gasteiger partial charge in [0.2, 0.25) is 0 Å². The number of carbonyl (C=O) groups excluding carboxylic acids is 1. The van der Waals surface area contributed by atoms with Gasteiger partial charge in [0, 0.05) is 16.7 Å². The first-order valence-electron chi connectivity index (χ1n) is 6.68. The molecule has 0 bridgehead atoms. The SMILES string of the molecule is O=C1OC(CN2CCCC2)CN1c1ccc(Br)cc1. The molecule has 2 heterocycles. The van der Waals surface area contributed by atoms with Gasteiger partial charge >= 0.3 is 6.09 Å². The number of hydrogen-bond acceptors (Lipinski definition) is 3. The first-order valence-corrected chi connectivity index (χ1v) is 7.48. The molecule has 1 aromatic carbocycles. The molecule has 5 heteroatoms. The highest BCUT2D eigenvalue weighted by Gasteiger charge is 2.33. The second-order valence-electron chi connectivity index (χ2n) is 5.10. The highest BCUT2D eigenvalue weighted by Crippen LogP contribution is 2.24. The molecule has 2 saturated heterocycles. The molecule has 2 aliphatic rings. The Balaban J connectivity index is 1.64. The summed E-state index contributed by atoms with van der Waals surface area (Å²) in [5, 5.41) is 0. The van der Waals surface area contributed by atoms with Crippen LogP contribution in [0.4, 0.5) is 10.5 Å². The van der Waals surface area contributed by atoms with E-state index in [-0.39, 0.29) is 12.2 Å². The highest BCUT2D eigenvalue weighted by molar-refractivity contribution is 9.10. The maximum Gasteiger partial charge on any atom is 0.414 e. The van der Waals surface area contributed by atoms with E-state index in [0.29, 0.717) is 6.54 Å². The van der Waals surface area contributed by atoms with Crippen LogP contribution in [0.25, 0.3) is 0 Å². The van der Waals surface area contributed by atoms with E-state index in [9.17, 15) is 4.79 Å². The van der Waals surface area contributed by atoms with E-state index in [1.54, 1.807) is 4.90 Å². The summed E-state index contributed by atoms with van der Waals surface area (Å²) in [4.78, 5) is 16.0. The van der Waals surface area contributed by atoms with Crippen molar-refractivity contribution >= 4 is 27.7 Å². The molecule has 0 aromatic heterocycles. The highest BCUT2D eigenvalue weighted by atomic mass is 79.9. The molecule has 1 aromatic rings. The van der Waals surface area contributed by atoms with E-state index < -0.39 is 0 Å². The van der Waals surface area contributed by atoms with Gasteiger partial charge < -0.3 is 4.74 Å². The van der Waals surface area contributed by atoms with Gasteiger partial charge in [-0.2, -0.15) is 0 Å². The Hall–Kier alpha value is -1.07. The third-order valence-corrected chi connectivity index (χ3v) is 4.20. The molecule has 19 heavy (non-hydrogen) atoms. The largest absolute Gasteiger partial charge is 0.443 e. The Labute approximate surface area is 121 Å². The molecule has 2 aliphatic heterocycles. The maximum absolute atomic E-state index is 11.9. The van der Waals surface area contributed by atoms with Crippen LogP contribution in [0.3, 0.4) is 0 Å². The molecule has 1 unspecified atom stereocenters. The lowest BCUT2D eigenvalue weighted by Gasteiger charge is -2.18. The lowest BCUT2D eigenvalue weighted by Crippen LogP contribution is -2.33. The molecule has 0 aliphatic carbocycles. The normalized spacial score (nSPS) is 23.9. The van der Waals surface area contributed by atoms with Gasteiger partial charge in [-0.15, -0.1) is 0 Å². The lowest BCUT2D eigenvalue weighted by atomic mass is 10.2. The van der Waals surface area contributed by atoms with Gasteiger partial charge in [-0.3, -0.25) is 9.80 Å². The van der Waals surface area contributed by atoms with Gasteiger partial charge in [0.25, 0.3) is 0 Å². The fraction of sp³-hybridized carbons (Fsp3) is 0.500. The summed E-state index contributed by atoms with van der Waals surface area (Å²) >= 11 is 3.40. The Morgan fingerprint density at radius 1 is 1.21 bits per heavy atom. The molecule has 1 amide bonds. The first-order chi connectivity index (χ1) is 9.22. The minimum Gasteiger partial charge on any atom is -0.443 e. The van der Waals surface area contributed by atoms with E-state index in [2.05, 4.69) is 20.8 Å². The minimum absolute atomic E-state index is 0.00533. The number of rotatable bonds is 3. The molecule has 3 rings (SSSR count). The average molecular weight is 325 g/mol. The predicted molar refractivity (Wildman–Crippen MR) is 77.4 cm³/mol. The van der Waals surface area contributed by atoms with E-state index in [1.165, 1.54) is 12.8 Å². The number of nitrogens with zero attached hydrogens (tertiary/aromatic N) is 2. The van der Waals surface area contributed by atoms with Gasteiger partial charge in [0.1, 0.15) is 6.10 Å². The van der Waals surface area contributed by atoms with Crippen molar-refractivity contribution in [3.63, 3.8) is 0 Å². The summed E-state index contributed by atoms with van der Waals surface area (Å²) in [5.41, 5.74) is 0.900. The molecule has 4 nitrogen and oxygen atoms in total. The molecule has 2 fully saturated rings. The molecule has 0 spiro atoms. The molecule has 102 valence electrons. The topological polar surface area (TPSA) is 32.8 Å². The lowest BCUT2D eigenvalue weighted by molar-refractivity contribution is 0.116. The summed E-state index contributed by atoms with van der Waals surface area (Å²) in [5.74, 6) is 0. The van der Waals surface area contributed by atoms with Crippen molar-refractivity contribution in [1.29, 1.82) is 0 Å². The van der Waals surface area contributed by atoms with Gasteiger partial charge in [0.05, 0.1) is 6.54 Å². The number of ether oxygens (including phenoxy) is 1. The van der Waals surface area contributed by atoms with Crippen molar-refractivity contribution in [3.8, 4) is 0 Å². The monoisotopic (exact) mass is 324 g/mol. The minimum atomic E-state index is -0.230. The molecular formula is C14H17BrN2O2. The molecule has 0 radical (unpaired) electrons. The zero-order valence-electron chi connectivity index (χ0n) is 10.7. The molecule has 1 atom stereocenters. The number of halogens is 1. The Bertz CT molecular complexity index is 457.